The van der Waals surface area contributed by atoms with Crippen molar-refractivity contribution in [2.75, 3.05) is 5.32 Å². The van der Waals surface area contributed by atoms with Gasteiger partial charge in [0.25, 0.3) is 0 Å². The third kappa shape index (κ3) is 7.83. The van der Waals surface area contributed by atoms with E-state index in [1.54, 1.807) is 6.07 Å². The van der Waals surface area contributed by atoms with Crippen LogP contribution in [0.3, 0.4) is 0 Å². The molecule has 0 spiro atoms. The predicted octanol–water partition coefficient (Wildman–Crippen LogP) is 3.07. The molecule has 0 aliphatic heterocycles. The molecule has 32 heavy (non-hydrogen) atoms. The fourth-order valence-corrected chi connectivity index (χ4v) is 4.48. The largest absolute Gasteiger partial charge is 0.481 e. The first kappa shape index (κ1) is 25.1. The smallest absolute Gasteiger partial charge is 0.303 e. The minimum atomic E-state index is -4.92. The van der Waals surface area contributed by atoms with E-state index in [1.807, 2.05) is 42.5 Å². The first-order chi connectivity index (χ1) is 15.2. The van der Waals surface area contributed by atoms with Gasteiger partial charge >= 0.3 is 94.4 Å². The maximum atomic E-state index is 11.4. The molecule has 3 aromatic carbocycles. The normalized spacial score (nSPS) is 12.1. The minimum Gasteiger partial charge on any atom is -0.481 e. The van der Waals surface area contributed by atoms with E-state index >= 15 is 0 Å². The second kappa shape index (κ2) is 12.0. The van der Waals surface area contributed by atoms with Gasteiger partial charge in [0.15, 0.2) is 0 Å². The number of amides is 1. The number of carbonyl (C=O) groups is 2. The Hall–Kier alpha value is -3.16. The van der Waals surface area contributed by atoms with Crippen LogP contribution in [-0.4, -0.2) is 40.5 Å². The fraction of sp³-hybridized carbons (Fsp3) is 0.130. The van der Waals surface area contributed by atoms with Gasteiger partial charge in [-0.1, -0.05) is 54.6 Å². The van der Waals surface area contributed by atoms with Gasteiger partial charge < -0.3 is 5.11 Å². The molecule has 0 fully saturated rings. The number of hydrogen-bond acceptors (Lipinski definition) is 5. The Morgan fingerprint density at radius 2 is 1.47 bits per heavy atom. The molecule has 0 saturated carbocycles. The van der Waals surface area contributed by atoms with Crippen LogP contribution in [0.2, 0.25) is 0 Å². The van der Waals surface area contributed by atoms with Crippen molar-refractivity contribution in [3.63, 3.8) is 0 Å². The van der Waals surface area contributed by atoms with Crippen LogP contribution in [0.1, 0.15) is 18.9 Å². The molecule has 3 aromatic rings. The van der Waals surface area contributed by atoms with Crippen LogP contribution in [-0.2, 0) is 23.6 Å². The van der Waals surface area contributed by atoms with Gasteiger partial charge in [0, 0.05) is 6.42 Å². The van der Waals surface area contributed by atoms with Gasteiger partial charge in [-0.15, -0.1) is 0 Å². The minimum absolute atomic E-state index is 0.103. The standard InChI is InChI=1S/C15H14O2.C8H10AsNO5/c16-15(17)11-8-12-6-9-14(10-7-12)13-4-2-1-3-5-13;1-6(11)10-8-5-3-2-4-7(8)9(12,13)15-14/h1-7,9-10H,8,11H2,(H,16,17);2-5,14H,1H3,(H,10,11)(H,12,13). The molecule has 1 atom stereocenters. The van der Waals surface area contributed by atoms with Crippen molar-refractivity contribution < 1.29 is 31.7 Å². The van der Waals surface area contributed by atoms with Crippen LogP contribution in [0, 0.1) is 0 Å². The van der Waals surface area contributed by atoms with Crippen molar-refractivity contribution in [2.24, 2.45) is 0 Å². The van der Waals surface area contributed by atoms with Crippen LogP contribution in [0.5, 0.6) is 0 Å². The maximum Gasteiger partial charge on any atom is 0.303 e. The Labute approximate surface area is 188 Å². The monoisotopic (exact) mass is 501 g/mol. The summed E-state index contributed by atoms with van der Waals surface area (Å²) >= 11 is -4.92. The van der Waals surface area contributed by atoms with Crippen molar-refractivity contribution in [3.05, 3.63) is 84.4 Å². The van der Waals surface area contributed by atoms with Crippen molar-refractivity contribution in [2.45, 2.75) is 19.8 Å². The molecule has 9 heteroatoms. The van der Waals surface area contributed by atoms with E-state index in [0.717, 1.165) is 11.1 Å². The summed E-state index contributed by atoms with van der Waals surface area (Å²) in [5.74, 6) is -1.13. The molecule has 0 radical (unpaired) electrons. The van der Waals surface area contributed by atoms with Gasteiger partial charge in [-0.3, -0.25) is 4.79 Å². The summed E-state index contributed by atoms with van der Waals surface area (Å²) in [7, 11) is 0. The van der Waals surface area contributed by atoms with Crippen LogP contribution < -0.4 is 9.67 Å². The van der Waals surface area contributed by atoms with E-state index in [-0.39, 0.29) is 22.4 Å². The number of nitrogens with one attached hydrogen (secondary N) is 1. The third-order valence-corrected chi connectivity index (χ3v) is 6.88. The number of carbonyl (C=O) groups excluding carboxylic acids is 1. The van der Waals surface area contributed by atoms with E-state index in [9.17, 15) is 17.4 Å². The molecule has 0 bridgehead atoms. The zero-order chi connectivity index (χ0) is 23.6. The van der Waals surface area contributed by atoms with Crippen LogP contribution >= 0.6 is 0 Å². The van der Waals surface area contributed by atoms with Gasteiger partial charge in [-0.05, 0) is 23.1 Å². The molecule has 168 valence electrons. The number of benzene rings is 3. The molecule has 0 aliphatic carbocycles. The predicted molar refractivity (Wildman–Crippen MR) is 121 cm³/mol. The molecule has 0 heterocycles. The first-order valence-corrected chi connectivity index (χ1v) is 12.9. The Bertz CT molecular complexity index is 1090. The number of carboxylic acid groups (broad SMARTS) is 1. The number of aliphatic carboxylic acids is 1. The average molecular weight is 501 g/mol. The first-order valence-electron chi connectivity index (χ1n) is 9.62. The molecule has 3 rings (SSSR count). The number of hydrogen-bond donors (Lipinski definition) is 4. The molecular weight excluding hydrogens is 477 g/mol. The summed E-state index contributed by atoms with van der Waals surface area (Å²) in [6.07, 6.45) is 0.773. The second-order valence-electron chi connectivity index (χ2n) is 6.76. The molecule has 0 aliphatic rings. The van der Waals surface area contributed by atoms with Crippen molar-refractivity contribution in [1.82, 2.24) is 0 Å². The Morgan fingerprint density at radius 3 is 2.03 bits per heavy atom. The van der Waals surface area contributed by atoms with E-state index < -0.39 is 20.1 Å². The number of anilines is 1. The summed E-state index contributed by atoms with van der Waals surface area (Å²) in [5, 5.41) is 19.3. The van der Waals surface area contributed by atoms with Crippen molar-refractivity contribution >= 4 is 36.1 Å². The van der Waals surface area contributed by atoms with Gasteiger partial charge in [-0.25, -0.2) is 0 Å². The summed E-state index contributed by atoms with van der Waals surface area (Å²) in [6.45, 7) is 1.27. The molecular formula is C23H24AsNO7. The molecule has 0 saturated heterocycles. The summed E-state index contributed by atoms with van der Waals surface area (Å²) in [6, 6.07) is 24.0. The Balaban J connectivity index is 0.000000229. The Kier molecular flexibility index (Phi) is 9.43. The Morgan fingerprint density at radius 1 is 0.906 bits per heavy atom. The summed E-state index contributed by atoms with van der Waals surface area (Å²) in [4.78, 5) is 21.3. The molecule has 1 unspecified atom stereocenters. The van der Waals surface area contributed by atoms with Gasteiger partial charge in [0.1, 0.15) is 0 Å². The quantitative estimate of drug-likeness (QED) is 0.222. The number of rotatable bonds is 7. The molecule has 0 aromatic heterocycles. The van der Waals surface area contributed by atoms with Crippen molar-refractivity contribution in [3.8, 4) is 11.1 Å². The summed E-state index contributed by atoms with van der Waals surface area (Å²) in [5.41, 5.74) is 3.55. The van der Waals surface area contributed by atoms with Gasteiger partial charge in [0.05, 0.1) is 0 Å². The fourth-order valence-electron chi connectivity index (χ4n) is 2.81. The topological polar surface area (TPSA) is 133 Å². The average Bonchev–Trinajstić information content (AvgIpc) is 2.79. The van der Waals surface area contributed by atoms with Crippen LogP contribution in [0.15, 0.2) is 78.9 Å². The second-order valence-corrected chi connectivity index (χ2v) is 10.3. The summed E-state index contributed by atoms with van der Waals surface area (Å²) < 4.78 is 24.1. The zero-order valence-electron chi connectivity index (χ0n) is 17.3. The number of aryl methyl sites for hydroxylation is 1. The molecule has 8 nitrogen and oxygen atoms in total. The molecule has 4 N–H and O–H groups in total. The van der Waals surface area contributed by atoms with Gasteiger partial charge in [-0.2, -0.15) is 0 Å². The third-order valence-electron chi connectivity index (χ3n) is 4.32. The zero-order valence-corrected chi connectivity index (χ0v) is 19.2. The van der Waals surface area contributed by atoms with Crippen LogP contribution in [0.25, 0.3) is 11.1 Å². The maximum absolute atomic E-state index is 11.4. The van der Waals surface area contributed by atoms with Crippen LogP contribution in [0.4, 0.5) is 5.69 Å². The van der Waals surface area contributed by atoms with E-state index in [1.165, 1.54) is 30.7 Å². The van der Waals surface area contributed by atoms with E-state index in [2.05, 4.69) is 21.3 Å². The number of para-hydroxylation sites is 1. The number of carboxylic acids is 1. The van der Waals surface area contributed by atoms with E-state index in [4.69, 9.17) is 10.4 Å². The molecule has 1 amide bonds. The SMILES string of the molecule is CC(=O)Nc1ccccc1[As](=O)(O)OO.O=C(O)CCc1ccc(-c2ccccc2)cc1. The van der Waals surface area contributed by atoms with Crippen molar-refractivity contribution in [1.29, 1.82) is 0 Å². The van der Waals surface area contributed by atoms with E-state index in [0.29, 0.717) is 6.42 Å². The van der Waals surface area contributed by atoms with Gasteiger partial charge in [0.2, 0.25) is 0 Å².